The van der Waals surface area contributed by atoms with Gasteiger partial charge in [0.1, 0.15) is 5.75 Å². The molecule has 0 atom stereocenters. The van der Waals surface area contributed by atoms with Crippen LogP contribution in [0.15, 0.2) is 67.3 Å². The van der Waals surface area contributed by atoms with E-state index < -0.39 is 5.97 Å². The highest BCUT2D eigenvalue weighted by molar-refractivity contribution is 6.06. The summed E-state index contributed by atoms with van der Waals surface area (Å²) in [4.78, 5) is 23.2. The van der Waals surface area contributed by atoms with Crippen molar-refractivity contribution in [3.8, 4) is 5.75 Å². The van der Waals surface area contributed by atoms with Gasteiger partial charge in [0.25, 0.3) is 0 Å². The predicted molar refractivity (Wildman–Crippen MR) is 91.5 cm³/mol. The number of ketones is 1. The molecule has 0 aliphatic carbocycles. The van der Waals surface area contributed by atoms with Crippen LogP contribution in [-0.2, 0) is 11.2 Å². The van der Waals surface area contributed by atoms with E-state index in [1.165, 1.54) is 11.6 Å². The van der Waals surface area contributed by atoms with Crippen LogP contribution in [0.1, 0.15) is 28.4 Å². The van der Waals surface area contributed by atoms with E-state index in [2.05, 4.69) is 13.5 Å². The van der Waals surface area contributed by atoms with E-state index in [4.69, 9.17) is 4.74 Å². The number of aryl methyl sites for hydroxylation is 1. The van der Waals surface area contributed by atoms with Gasteiger partial charge in [-0.25, -0.2) is 4.79 Å². The van der Waals surface area contributed by atoms with Gasteiger partial charge in [0.05, 0.1) is 0 Å². The summed E-state index contributed by atoms with van der Waals surface area (Å²) in [6.07, 6.45) is 5.40. The lowest BCUT2D eigenvalue weighted by Gasteiger charge is -2.02. The third kappa shape index (κ3) is 4.78. The highest BCUT2D eigenvalue weighted by atomic mass is 16.5. The monoisotopic (exact) mass is 306 g/mol. The smallest absolute Gasteiger partial charge is 0.335 e. The Labute approximate surface area is 135 Å². The number of esters is 1. The summed E-state index contributed by atoms with van der Waals surface area (Å²) in [7, 11) is 0. The average molecular weight is 306 g/mol. The van der Waals surface area contributed by atoms with Crippen molar-refractivity contribution < 1.29 is 14.3 Å². The molecular weight excluding hydrogens is 288 g/mol. The molecule has 0 N–H and O–H groups in total. The van der Waals surface area contributed by atoms with Crippen LogP contribution in [0.3, 0.4) is 0 Å². The third-order valence-electron chi connectivity index (χ3n) is 3.34. The molecular formula is C20H18O3. The van der Waals surface area contributed by atoms with Gasteiger partial charge in [0.2, 0.25) is 0 Å². The second kappa shape index (κ2) is 7.90. The Bertz CT molecular complexity index is 722. The van der Waals surface area contributed by atoms with Crippen LogP contribution >= 0.6 is 0 Å². The van der Waals surface area contributed by atoms with Crippen molar-refractivity contribution >= 4 is 17.8 Å². The first-order valence-electron chi connectivity index (χ1n) is 7.38. The predicted octanol–water partition coefficient (Wildman–Crippen LogP) is 4.24. The van der Waals surface area contributed by atoms with Crippen molar-refractivity contribution in [3.05, 3.63) is 84.0 Å². The molecule has 0 spiro atoms. The highest BCUT2D eigenvalue weighted by Gasteiger charge is 2.04. The Hall–Kier alpha value is -2.94. The fourth-order valence-corrected chi connectivity index (χ4v) is 1.98. The number of carbonyl (C=O) groups is 2. The second-order valence-electron chi connectivity index (χ2n) is 4.94. The van der Waals surface area contributed by atoms with Gasteiger partial charge in [-0.15, -0.1) is 0 Å². The summed E-state index contributed by atoms with van der Waals surface area (Å²) >= 11 is 0. The summed E-state index contributed by atoms with van der Waals surface area (Å²) in [6.45, 7) is 5.43. The molecule has 3 nitrogen and oxygen atoms in total. The Morgan fingerprint density at radius 3 is 2.26 bits per heavy atom. The van der Waals surface area contributed by atoms with Crippen molar-refractivity contribution in [3.63, 3.8) is 0 Å². The minimum atomic E-state index is -0.528. The summed E-state index contributed by atoms with van der Waals surface area (Å²) in [5.41, 5.74) is 2.77. The standard InChI is InChI=1S/C20H18O3/c1-3-15-5-7-16(8-6-15)9-14-19(21)17-10-12-18(13-11-17)23-20(22)4-2/h4-14H,2-3H2,1H3. The minimum Gasteiger partial charge on any atom is -0.423 e. The Morgan fingerprint density at radius 2 is 1.70 bits per heavy atom. The highest BCUT2D eigenvalue weighted by Crippen LogP contribution is 2.14. The Kier molecular flexibility index (Phi) is 5.64. The summed E-state index contributed by atoms with van der Waals surface area (Å²) in [5.74, 6) is -0.253. The van der Waals surface area contributed by atoms with Gasteiger partial charge in [-0.2, -0.15) is 0 Å². The van der Waals surface area contributed by atoms with Crippen molar-refractivity contribution in [2.24, 2.45) is 0 Å². The summed E-state index contributed by atoms with van der Waals surface area (Å²) in [6, 6.07) is 14.5. The van der Waals surface area contributed by atoms with E-state index in [9.17, 15) is 9.59 Å². The van der Waals surface area contributed by atoms with Crippen LogP contribution in [0.25, 0.3) is 6.08 Å². The van der Waals surface area contributed by atoms with E-state index in [1.54, 1.807) is 30.3 Å². The lowest BCUT2D eigenvalue weighted by atomic mass is 10.1. The maximum atomic E-state index is 12.1. The minimum absolute atomic E-state index is 0.105. The normalized spacial score (nSPS) is 10.5. The zero-order chi connectivity index (χ0) is 16.7. The zero-order valence-electron chi connectivity index (χ0n) is 13.0. The maximum absolute atomic E-state index is 12.1. The van der Waals surface area contributed by atoms with Crippen LogP contribution < -0.4 is 4.74 Å². The molecule has 0 bridgehead atoms. The topological polar surface area (TPSA) is 43.4 Å². The summed E-state index contributed by atoms with van der Waals surface area (Å²) in [5, 5.41) is 0. The molecule has 23 heavy (non-hydrogen) atoms. The molecule has 116 valence electrons. The molecule has 0 radical (unpaired) electrons. The van der Waals surface area contributed by atoms with E-state index in [0.717, 1.165) is 18.1 Å². The number of rotatable bonds is 6. The molecule has 0 fully saturated rings. The van der Waals surface area contributed by atoms with E-state index in [1.807, 2.05) is 24.3 Å². The number of hydrogen-bond acceptors (Lipinski definition) is 3. The van der Waals surface area contributed by atoms with Gasteiger partial charge in [-0.05, 0) is 47.9 Å². The molecule has 2 aromatic rings. The molecule has 0 amide bonds. The molecule has 0 aliphatic rings. The Balaban J connectivity index is 2.03. The molecule has 0 aliphatic heterocycles. The first-order chi connectivity index (χ1) is 11.1. The van der Waals surface area contributed by atoms with Crippen LogP contribution in [0.5, 0.6) is 5.75 Å². The quantitative estimate of drug-likeness (QED) is 0.347. The van der Waals surface area contributed by atoms with E-state index in [0.29, 0.717) is 11.3 Å². The first-order valence-corrected chi connectivity index (χ1v) is 7.38. The fourth-order valence-electron chi connectivity index (χ4n) is 1.98. The average Bonchev–Trinajstić information content (AvgIpc) is 2.60. The van der Waals surface area contributed by atoms with E-state index in [-0.39, 0.29) is 5.78 Å². The Morgan fingerprint density at radius 1 is 1.04 bits per heavy atom. The van der Waals surface area contributed by atoms with Crippen LogP contribution in [0.2, 0.25) is 0 Å². The first kappa shape index (κ1) is 16.4. The maximum Gasteiger partial charge on any atom is 0.335 e. The molecule has 0 saturated heterocycles. The number of hydrogen-bond donors (Lipinski definition) is 0. The van der Waals surface area contributed by atoms with Crippen LogP contribution in [0, 0.1) is 0 Å². The lowest BCUT2D eigenvalue weighted by molar-refractivity contribution is -0.128. The van der Waals surface area contributed by atoms with Gasteiger partial charge in [-0.1, -0.05) is 43.8 Å². The lowest BCUT2D eigenvalue weighted by Crippen LogP contribution is -2.03. The van der Waals surface area contributed by atoms with Crippen molar-refractivity contribution in [1.29, 1.82) is 0 Å². The van der Waals surface area contributed by atoms with E-state index >= 15 is 0 Å². The molecule has 0 unspecified atom stereocenters. The van der Waals surface area contributed by atoms with Crippen molar-refractivity contribution in [2.75, 3.05) is 0 Å². The number of allylic oxidation sites excluding steroid dienone is 1. The molecule has 3 heteroatoms. The molecule has 0 saturated carbocycles. The van der Waals surface area contributed by atoms with Crippen LogP contribution in [0.4, 0.5) is 0 Å². The molecule has 2 rings (SSSR count). The van der Waals surface area contributed by atoms with Gasteiger partial charge < -0.3 is 4.74 Å². The number of benzene rings is 2. The second-order valence-corrected chi connectivity index (χ2v) is 4.94. The van der Waals surface area contributed by atoms with Crippen LogP contribution in [-0.4, -0.2) is 11.8 Å². The molecule has 2 aromatic carbocycles. The fraction of sp³-hybridized carbons (Fsp3) is 0.100. The van der Waals surface area contributed by atoms with Gasteiger partial charge in [0, 0.05) is 11.6 Å². The molecule has 0 heterocycles. The third-order valence-corrected chi connectivity index (χ3v) is 3.34. The largest absolute Gasteiger partial charge is 0.423 e. The number of carbonyl (C=O) groups excluding carboxylic acids is 2. The number of ether oxygens (including phenoxy) is 1. The van der Waals surface area contributed by atoms with Crippen molar-refractivity contribution in [1.82, 2.24) is 0 Å². The summed E-state index contributed by atoms with van der Waals surface area (Å²) < 4.78 is 4.96. The van der Waals surface area contributed by atoms with Gasteiger partial charge in [-0.3, -0.25) is 4.79 Å². The van der Waals surface area contributed by atoms with Crippen molar-refractivity contribution in [2.45, 2.75) is 13.3 Å². The zero-order valence-corrected chi connectivity index (χ0v) is 13.0. The van der Waals surface area contributed by atoms with Gasteiger partial charge >= 0.3 is 5.97 Å². The molecule has 0 aromatic heterocycles. The van der Waals surface area contributed by atoms with Gasteiger partial charge in [0.15, 0.2) is 5.78 Å². The SMILES string of the molecule is C=CC(=O)Oc1ccc(C(=O)C=Cc2ccc(CC)cc2)cc1.